The summed E-state index contributed by atoms with van der Waals surface area (Å²) in [6, 6.07) is 12.7. The van der Waals surface area contributed by atoms with Crippen LogP contribution in [0, 0.1) is 4.91 Å². The Morgan fingerprint density at radius 2 is 1.94 bits per heavy atom. The van der Waals surface area contributed by atoms with Crippen molar-refractivity contribution in [2.45, 2.75) is 0 Å². The number of likely N-dealkylation sites (N-methyl/N-ethyl adjacent to an activating group) is 2. The maximum atomic E-state index is 11.6. The van der Waals surface area contributed by atoms with Crippen molar-refractivity contribution in [3.63, 3.8) is 0 Å². The van der Waals surface area contributed by atoms with Crippen LogP contribution in [-0.4, -0.2) is 61.4 Å². The molecule has 4 aromatic rings. The van der Waals surface area contributed by atoms with Gasteiger partial charge in [-0.3, -0.25) is 0 Å². The number of anilines is 3. The van der Waals surface area contributed by atoms with Crippen molar-refractivity contribution in [3.05, 3.63) is 53.6 Å². The molecule has 0 aliphatic rings. The number of fused-ring (bicyclic) bond motifs is 1. The SMILES string of the molecule is COc1cc(N(C)CCN(C)C)c(N=O)cc1Nc1nccc(-c2noc3ccccc23)n1. The summed E-state index contributed by atoms with van der Waals surface area (Å²) in [6.07, 6.45) is 1.63. The van der Waals surface area contributed by atoms with E-state index in [9.17, 15) is 4.91 Å². The first kappa shape index (κ1) is 22.2. The zero-order valence-electron chi connectivity index (χ0n) is 18.9. The summed E-state index contributed by atoms with van der Waals surface area (Å²) >= 11 is 0. The van der Waals surface area contributed by atoms with Gasteiger partial charge in [0.1, 0.15) is 17.1 Å². The van der Waals surface area contributed by atoms with E-state index in [4.69, 9.17) is 9.26 Å². The first-order valence-corrected chi connectivity index (χ1v) is 10.4. The van der Waals surface area contributed by atoms with E-state index in [0.29, 0.717) is 45.7 Å². The van der Waals surface area contributed by atoms with Gasteiger partial charge in [-0.1, -0.05) is 17.3 Å². The second-order valence-corrected chi connectivity index (χ2v) is 7.78. The van der Waals surface area contributed by atoms with Gasteiger partial charge in [-0.2, -0.15) is 0 Å². The molecule has 0 saturated carbocycles. The van der Waals surface area contributed by atoms with Crippen molar-refractivity contribution < 1.29 is 9.26 Å². The minimum Gasteiger partial charge on any atom is -0.494 e. The highest BCUT2D eigenvalue weighted by Gasteiger charge is 2.17. The first-order chi connectivity index (χ1) is 16.0. The largest absolute Gasteiger partial charge is 0.494 e. The molecule has 0 radical (unpaired) electrons. The van der Waals surface area contributed by atoms with E-state index >= 15 is 0 Å². The van der Waals surface area contributed by atoms with Crippen LogP contribution >= 0.6 is 0 Å². The Balaban J connectivity index is 1.65. The third-order valence-electron chi connectivity index (χ3n) is 5.21. The van der Waals surface area contributed by atoms with Crippen molar-refractivity contribution >= 4 is 34.0 Å². The number of methoxy groups -OCH3 is 1. The fraction of sp³-hybridized carbons (Fsp3) is 0.261. The summed E-state index contributed by atoms with van der Waals surface area (Å²) < 4.78 is 11.0. The highest BCUT2D eigenvalue weighted by molar-refractivity contribution is 5.90. The van der Waals surface area contributed by atoms with E-state index in [0.717, 1.165) is 18.5 Å². The molecule has 10 heteroatoms. The smallest absolute Gasteiger partial charge is 0.227 e. The Kier molecular flexibility index (Phi) is 6.45. The molecule has 33 heavy (non-hydrogen) atoms. The lowest BCUT2D eigenvalue weighted by molar-refractivity contribution is 0.413. The van der Waals surface area contributed by atoms with E-state index in [1.54, 1.807) is 31.5 Å². The lowest BCUT2D eigenvalue weighted by atomic mass is 10.2. The van der Waals surface area contributed by atoms with Crippen LogP contribution in [0.3, 0.4) is 0 Å². The van der Waals surface area contributed by atoms with Gasteiger partial charge in [0.25, 0.3) is 0 Å². The van der Waals surface area contributed by atoms with Crippen molar-refractivity contribution in [1.29, 1.82) is 0 Å². The minimum atomic E-state index is 0.290. The van der Waals surface area contributed by atoms with Crippen molar-refractivity contribution in [2.24, 2.45) is 5.18 Å². The Morgan fingerprint density at radius 1 is 1.12 bits per heavy atom. The molecule has 2 aromatic carbocycles. The molecular formula is C23H25N7O3. The second kappa shape index (κ2) is 9.61. The molecule has 170 valence electrons. The molecule has 0 amide bonds. The summed E-state index contributed by atoms with van der Waals surface area (Å²) in [7, 11) is 7.47. The maximum Gasteiger partial charge on any atom is 0.227 e. The lowest BCUT2D eigenvalue weighted by Gasteiger charge is -2.23. The number of nitrogens with zero attached hydrogens (tertiary/aromatic N) is 6. The minimum absolute atomic E-state index is 0.290. The molecule has 2 aromatic heterocycles. The standard InChI is InChI=1S/C23H25N7O3/c1-29(2)11-12-30(3)19-14-21(32-4)18(13-17(19)27-31)26-23-24-10-9-16(25-23)22-15-7-5-6-8-20(15)33-28-22/h5-10,13-14H,11-12H2,1-4H3,(H,24,25,26). The van der Waals surface area contributed by atoms with Gasteiger partial charge in [0.05, 0.1) is 29.6 Å². The van der Waals surface area contributed by atoms with Gasteiger partial charge in [-0.25, -0.2) is 9.97 Å². The van der Waals surface area contributed by atoms with Crippen molar-refractivity contribution in [2.75, 3.05) is 51.6 Å². The molecule has 0 aliphatic heterocycles. The average Bonchev–Trinajstić information content (AvgIpc) is 3.26. The highest BCUT2D eigenvalue weighted by atomic mass is 16.5. The molecule has 0 spiro atoms. The summed E-state index contributed by atoms with van der Waals surface area (Å²) in [6.45, 7) is 1.55. The summed E-state index contributed by atoms with van der Waals surface area (Å²) in [5, 5.41) is 11.4. The third-order valence-corrected chi connectivity index (χ3v) is 5.21. The predicted octanol–water partition coefficient (Wildman–Crippen LogP) is 4.43. The van der Waals surface area contributed by atoms with E-state index in [-0.39, 0.29) is 0 Å². The van der Waals surface area contributed by atoms with E-state index in [2.05, 4.69) is 30.5 Å². The van der Waals surface area contributed by atoms with Gasteiger partial charge in [-0.05, 0) is 43.5 Å². The van der Waals surface area contributed by atoms with E-state index in [1.807, 2.05) is 50.3 Å². The molecule has 0 atom stereocenters. The Morgan fingerprint density at radius 3 is 2.70 bits per heavy atom. The third kappa shape index (κ3) is 4.75. The zero-order valence-corrected chi connectivity index (χ0v) is 18.9. The lowest BCUT2D eigenvalue weighted by Crippen LogP contribution is -2.28. The van der Waals surface area contributed by atoms with Crippen LogP contribution in [-0.2, 0) is 0 Å². The van der Waals surface area contributed by atoms with Gasteiger partial charge < -0.3 is 24.4 Å². The maximum absolute atomic E-state index is 11.6. The molecule has 1 N–H and O–H groups in total. The van der Waals surface area contributed by atoms with Crippen LogP contribution < -0.4 is 15.0 Å². The molecule has 0 bridgehead atoms. The van der Waals surface area contributed by atoms with Crippen LogP contribution in [0.4, 0.5) is 23.0 Å². The average molecular weight is 447 g/mol. The van der Waals surface area contributed by atoms with Crippen LogP contribution in [0.2, 0.25) is 0 Å². The summed E-state index contributed by atoms with van der Waals surface area (Å²) in [5.74, 6) is 0.860. The first-order valence-electron chi connectivity index (χ1n) is 10.4. The van der Waals surface area contributed by atoms with E-state index < -0.39 is 0 Å². The topological polar surface area (TPSA) is 109 Å². The van der Waals surface area contributed by atoms with Crippen LogP contribution in [0.25, 0.3) is 22.4 Å². The number of benzene rings is 2. The number of hydrogen-bond acceptors (Lipinski definition) is 10. The van der Waals surface area contributed by atoms with Gasteiger partial charge in [-0.15, -0.1) is 4.91 Å². The quantitative estimate of drug-likeness (QED) is 0.373. The molecule has 10 nitrogen and oxygen atoms in total. The Bertz CT molecular complexity index is 1270. The molecule has 4 rings (SSSR count). The van der Waals surface area contributed by atoms with Gasteiger partial charge >= 0.3 is 0 Å². The second-order valence-electron chi connectivity index (χ2n) is 7.78. The van der Waals surface area contributed by atoms with Gasteiger partial charge in [0.15, 0.2) is 5.58 Å². The van der Waals surface area contributed by atoms with Crippen LogP contribution in [0.1, 0.15) is 0 Å². The number of para-hydroxylation sites is 1. The summed E-state index contributed by atoms with van der Waals surface area (Å²) in [5.41, 5.74) is 3.40. The molecule has 0 fully saturated rings. The van der Waals surface area contributed by atoms with Crippen LogP contribution in [0.5, 0.6) is 5.75 Å². The number of aromatic nitrogens is 3. The van der Waals surface area contributed by atoms with Crippen LogP contribution in [0.15, 0.2) is 58.4 Å². The fourth-order valence-corrected chi connectivity index (χ4v) is 3.42. The predicted molar refractivity (Wildman–Crippen MR) is 129 cm³/mol. The number of nitrogens with one attached hydrogen (secondary N) is 1. The highest BCUT2D eigenvalue weighted by Crippen LogP contribution is 2.39. The number of rotatable bonds is 9. The number of ether oxygens (including phenoxy) is 1. The number of hydrogen-bond donors (Lipinski definition) is 1. The normalized spacial score (nSPS) is 11.1. The van der Waals surface area contributed by atoms with Gasteiger partial charge in [0.2, 0.25) is 5.95 Å². The Labute approximate surface area is 191 Å². The molecule has 0 aliphatic carbocycles. The summed E-state index contributed by atoms with van der Waals surface area (Å²) in [4.78, 5) is 24.5. The molecule has 0 saturated heterocycles. The molecule has 2 heterocycles. The molecular weight excluding hydrogens is 422 g/mol. The van der Waals surface area contributed by atoms with Gasteiger partial charge in [0, 0.05) is 32.4 Å². The van der Waals surface area contributed by atoms with Crippen molar-refractivity contribution in [3.8, 4) is 17.1 Å². The molecule has 0 unspecified atom stereocenters. The number of nitroso groups, excluding NO2 is 1. The van der Waals surface area contributed by atoms with E-state index in [1.165, 1.54) is 0 Å². The zero-order chi connectivity index (χ0) is 23.4. The monoisotopic (exact) mass is 447 g/mol. The Hall–Kier alpha value is -4.05. The van der Waals surface area contributed by atoms with Crippen molar-refractivity contribution in [1.82, 2.24) is 20.0 Å². The fourth-order valence-electron chi connectivity index (χ4n) is 3.42.